The molecule has 0 atom stereocenters. The summed E-state index contributed by atoms with van der Waals surface area (Å²) in [5, 5.41) is 5.45. The molecule has 5 nitrogen and oxygen atoms in total. The van der Waals surface area contributed by atoms with Crippen molar-refractivity contribution in [3.05, 3.63) is 84.1 Å². The Kier molecular flexibility index (Phi) is 6.27. The standard InChI is InChI=1S/C20H17FN2O3S/c21-16-8-2-4-10-18(16)27-13-19(24)23-17-9-3-1-7-15(17)20(25)22-12-14-6-5-11-26-14/h1-11H,12-13H2,(H,22,25)(H,23,24). The van der Waals surface area contributed by atoms with Gasteiger partial charge in [0.05, 0.1) is 29.8 Å². The number of furan rings is 1. The molecular formula is C20H17FN2O3S. The quantitative estimate of drug-likeness (QED) is 0.602. The zero-order chi connectivity index (χ0) is 19.1. The van der Waals surface area contributed by atoms with Gasteiger partial charge in [0.15, 0.2) is 0 Å². The maximum atomic E-state index is 13.6. The Morgan fingerprint density at radius 2 is 1.78 bits per heavy atom. The molecule has 0 spiro atoms. The van der Waals surface area contributed by atoms with Crippen molar-refractivity contribution in [2.45, 2.75) is 11.4 Å². The number of carbonyl (C=O) groups is 2. The van der Waals surface area contributed by atoms with Gasteiger partial charge in [-0.25, -0.2) is 4.39 Å². The van der Waals surface area contributed by atoms with E-state index in [0.717, 1.165) is 11.8 Å². The summed E-state index contributed by atoms with van der Waals surface area (Å²) in [5.41, 5.74) is 0.738. The molecular weight excluding hydrogens is 367 g/mol. The second kappa shape index (κ2) is 9.05. The molecule has 2 amide bonds. The van der Waals surface area contributed by atoms with Crippen LogP contribution in [0.2, 0.25) is 0 Å². The average molecular weight is 384 g/mol. The number of thioether (sulfide) groups is 1. The van der Waals surface area contributed by atoms with Crippen LogP contribution >= 0.6 is 11.8 Å². The first-order valence-corrected chi connectivity index (χ1v) is 9.19. The summed E-state index contributed by atoms with van der Waals surface area (Å²) >= 11 is 1.10. The molecule has 0 aliphatic rings. The van der Waals surface area contributed by atoms with Crippen molar-refractivity contribution >= 4 is 29.3 Å². The normalized spacial score (nSPS) is 10.4. The van der Waals surface area contributed by atoms with Gasteiger partial charge in [-0.3, -0.25) is 9.59 Å². The predicted octanol–water partition coefficient (Wildman–Crippen LogP) is 4.08. The fraction of sp³-hybridized carbons (Fsp3) is 0.100. The highest BCUT2D eigenvalue weighted by Gasteiger charge is 2.14. The van der Waals surface area contributed by atoms with E-state index in [0.29, 0.717) is 21.9 Å². The molecule has 2 N–H and O–H groups in total. The SMILES string of the molecule is O=C(CSc1ccccc1F)Nc1ccccc1C(=O)NCc1ccco1. The van der Waals surface area contributed by atoms with Crippen LogP contribution in [0.5, 0.6) is 0 Å². The molecule has 1 aromatic heterocycles. The monoisotopic (exact) mass is 384 g/mol. The first kappa shape index (κ1) is 18.7. The lowest BCUT2D eigenvalue weighted by Crippen LogP contribution is -2.25. The molecule has 1 heterocycles. The van der Waals surface area contributed by atoms with Crippen LogP contribution in [0.1, 0.15) is 16.1 Å². The smallest absolute Gasteiger partial charge is 0.253 e. The molecule has 0 fully saturated rings. The second-order valence-corrected chi connectivity index (χ2v) is 6.59. The Labute approximate surface area is 160 Å². The Bertz CT molecular complexity index is 928. The molecule has 0 saturated carbocycles. The summed E-state index contributed by atoms with van der Waals surface area (Å²) in [6.45, 7) is 0.247. The van der Waals surface area contributed by atoms with E-state index in [1.807, 2.05) is 0 Å². The highest BCUT2D eigenvalue weighted by Crippen LogP contribution is 2.22. The molecule has 3 rings (SSSR count). The largest absolute Gasteiger partial charge is 0.467 e. The van der Waals surface area contributed by atoms with Gasteiger partial charge in [0.1, 0.15) is 11.6 Å². The molecule has 3 aromatic rings. The maximum absolute atomic E-state index is 13.6. The Hall–Kier alpha value is -3.06. The van der Waals surface area contributed by atoms with E-state index in [1.54, 1.807) is 54.6 Å². The summed E-state index contributed by atoms with van der Waals surface area (Å²) in [7, 11) is 0. The van der Waals surface area contributed by atoms with Gasteiger partial charge < -0.3 is 15.1 Å². The van der Waals surface area contributed by atoms with Crippen LogP contribution in [0.3, 0.4) is 0 Å². The van der Waals surface area contributed by atoms with Crippen molar-refractivity contribution < 1.29 is 18.4 Å². The van der Waals surface area contributed by atoms with Crippen LogP contribution < -0.4 is 10.6 Å². The maximum Gasteiger partial charge on any atom is 0.253 e. The fourth-order valence-electron chi connectivity index (χ4n) is 2.36. The van der Waals surface area contributed by atoms with Gasteiger partial charge >= 0.3 is 0 Å². The average Bonchev–Trinajstić information content (AvgIpc) is 3.19. The van der Waals surface area contributed by atoms with Crippen molar-refractivity contribution in [3.63, 3.8) is 0 Å². The second-order valence-electron chi connectivity index (χ2n) is 5.57. The number of rotatable bonds is 7. The van der Waals surface area contributed by atoms with E-state index in [9.17, 15) is 14.0 Å². The van der Waals surface area contributed by atoms with Crippen LogP contribution in [-0.2, 0) is 11.3 Å². The van der Waals surface area contributed by atoms with Crippen molar-refractivity contribution in [2.75, 3.05) is 11.1 Å². The minimum Gasteiger partial charge on any atom is -0.467 e. The highest BCUT2D eigenvalue weighted by molar-refractivity contribution is 8.00. The molecule has 0 aliphatic carbocycles. The number of para-hydroxylation sites is 1. The molecule has 0 bridgehead atoms. The Morgan fingerprint density at radius 1 is 1.00 bits per heavy atom. The van der Waals surface area contributed by atoms with Crippen LogP contribution in [-0.4, -0.2) is 17.6 Å². The van der Waals surface area contributed by atoms with Gasteiger partial charge in [0.2, 0.25) is 5.91 Å². The van der Waals surface area contributed by atoms with E-state index in [2.05, 4.69) is 10.6 Å². The van der Waals surface area contributed by atoms with Crippen LogP contribution in [0.4, 0.5) is 10.1 Å². The fourth-order valence-corrected chi connectivity index (χ4v) is 3.10. The number of benzene rings is 2. The summed E-state index contributed by atoms with van der Waals surface area (Å²) < 4.78 is 18.8. The lowest BCUT2D eigenvalue weighted by atomic mass is 10.1. The number of nitrogens with one attached hydrogen (secondary N) is 2. The third-order valence-corrected chi connectivity index (χ3v) is 4.69. The number of carbonyl (C=O) groups excluding carboxylic acids is 2. The minimum atomic E-state index is -0.368. The van der Waals surface area contributed by atoms with Gasteiger partial charge in [0, 0.05) is 4.90 Å². The highest BCUT2D eigenvalue weighted by atomic mass is 32.2. The molecule has 0 radical (unpaired) electrons. The van der Waals surface area contributed by atoms with Crippen molar-refractivity contribution in [3.8, 4) is 0 Å². The van der Waals surface area contributed by atoms with Crippen LogP contribution in [0.15, 0.2) is 76.2 Å². The lowest BCUT2D eigenvalue weighted by molar-refractivity contribution is -0.113. The zero-order valence-electron chi connectivity index (χ0n) is 14.3. The van der Waals surface area contributed by atoms with Gasteiger partial charge in [-0.05, 0) is 36.4 Å². The van der Waals surface area contributed by atoms with Gasteiger partial charge in [0.25, 0.3) is 5.91 Å². The summed E-state index contributed by atoms with van der Waals surface area (Å²) in [5.74, 6) is -0.360. The van der Waals surface area contributed by atoms with Crippen LogP contribution in [0.25, 0.3) is 0 Å². The molecule has 0 aliphatic heterocycles. The van der Waals surface area contributed by atoms with E-state index >= 15 is 0 Å². The molecule has 0 unspecified atom stereocenters. The number of hydrogen-bond acceptors (Lipinski definition) is 4. The van der Waals surface area contributed by atoms with E-state index in [1.165, 1.54) is 12.3 Å². The third kappa shape index (κ3) is 5.21. The number of amides is 2. The van der Waals surface area contributed by atoms with Crippen molar-refractivity contribution in [1.82, 2.24) is 5.32 Å². The van der Waals surface area contributed by atoms with E-state index in [-0.39, 0.29) is 29.9 Å². The molecule has 7 heteroatoms. The van der Waals surface area contributed by atoms with E-state index in [4.69, 9.17) is 4.42 Å². The molecule has 27 heavy (non-hydrogen) atoms. The number of anilines is 1. The Morgan fingerprint density at radius 3 is 2.56 bits per heavy atom. The molecule has 2 aromatic carbocycles. The lowest BCUT2D eigenvalue weighted by Gasteiger charge is -2.11. The summed E-state index contributed by atoms with van der Waals surface area (Å²) in [6, 6.07) is 16.5. The molecule has 0 saturated heterocycles. The number of halogens is 1. The van der Waals surface area contributed by atoms with Gasteiger partial charge in [-0.15, -0.1) is 11.8 Å². The third-order valence-electron chi connectivity index (χ3n) is 3.64. The molecule has 138 valence electrons. The number of hydrogen-bond donors (Lipinski definition) is 2. The van der Waals surface area contributed by atoms with Gasteiger partial charge in [-0.2, -0.15) is 0 Å². The summed E-state index contributed by atoms with van der Waals surface area (Å²) in [6.07, 6.45) is 1.53. The topological polar surface area (TPSA) is 71.3 Å². The summed E-state index contributed by atoms with van der Waals surface area (Å²) in [4.78, 5) is 25.0. The first-order chi connectivity index (χ1) is 13.1. The van der Waals surface area contributed by atoms with Crippen LogP contribution in [0, 0.1) is 5.82 Å². The minimum absolute atomic E-state index is 0.0310. The first-order valence-electron chi connectivity index (χ1n) is 8.20. The van der Waals surface area contributed by atoms with E-state index < -0.39 is 0 Å². The zero-order valence-corrected chi connectivity index (χ0v) is 15.1. The van der Waals surface area contributed by atoms with Crippen molar-refractivity contribution in [2.24, 2.45) is 0 Å². The van der Waals surface area contributed by atoms with Crippen molar-refractivity contribution in [1.29, 1.82) is 0 Å². The van der Waals surface area contributed by atoms with Gasteiger partial charge in [-0.1, -0.05) is 24.3 Å². The predicted molar refractivity (Wildman–Crippen MR) is 102 cm³/mol. The Balaban J connectivity index is 1.60.